The standard InChI is InChI=1S/C60H41BN2/c1-6-18-42(19-7-1)46-32-35-51(36-33-46)62-56-39-49(44-22-10-3-11-23-44)34-37-54(56)61-55-31-17-30-53(47-26-14-5-15-27-47)60(55)63(52-29-16-28-48(38-52)43-20-8-2-9-21-43)58-41-50(40-57(62)59(58)61)45-24-12-4-13-25-45/h1-41H. The summed E-state index contributed by atoms with van der Waals surface area (Å²) in [7, 11) is 0. The lowest BCUT2D eigenvalue weighted by molar-refractivity contribution is 1.25. The zero-order valence-electron chi connectivity index (χ0n) is 34.6. The molecule has 2 nitrogen and oxygen atoms in total. The van der Waals surface area contributed by atoms with Gasteiger partial charge in [-0.25, -0.2) is 0 Å². The van der Waals surface area contributed by atoms with Gasteiger partial charge in [-0.2, -0.15) is 0 Å². The first kappa shape index (κ1) is 36.7. The van der Waals surface area contributed by atoms with E-state index in [-0.39, 0.29) is 6.71 Å². The van der Waals surface area contributed by atoms with Crippen molar-refractivity contribution in [3.05, 3.63) is 249 Å². The maximum Gasteiger partial charge on any atom is 0.252 e. The highest BCUT2D eigenvalue weighted by Gasteiger charge is 2.44. The highest BCUT2D eigenvalue weighted by Crippen LogP contribution is 2.49. The van der Waals surface area contributed by atoms with Gasteiger partial charge in [-0.3, -0.25) is 0 Å². The van der Waals surface area contributed by atoms with Crippen molar-refractivity contribution in [3.8, 4) is 55.6 Å². The minimum Gasteiger partial charge on any atom is -0.311 e. The van der Waals surface area contributed by atoms with Crippen molar-refractivity contribution in [2.45, 2.75) is 0 Å². The molecule has 0 atom stereocenters. The van der Waals surface area contributed by atoms with Crippen LogP contribution < -0.4 is 26.2 Å². The summed E-state index contributed by atoms with van der Waals surface area (Å²) in [6.07, 6.45) is 0. The fourth-order valence-corrected chi connectivity index (χ4v) is 9.94. The van der Waals surface area contributed by atoms with Gasteiger partial charge in [-0.05, 0) is 109 Å². The van der Waals surface area contributed by atoms with E-state index < -0.39 is 0 Å². The molecule has 0 fully saturated rings. The van der Waals surface area contributed by atoms with Gasteiger partial charge >= 0.3 is 0 Å². The summed E-state index contributed by atoms with van der Waals surface area (Å²) < 4.78 is 0. The van der Waals surface area contributed by atoms with Crippen LogP contribution in [-0.4, -0.2) is 6.71 Å². The van der Waals surface area contributed by atoms with Crippen molar-refractivity contribution in [2.75, 3.05) is 9.80 Å². The van der Waals surface area contributed by atoms with Crippen LogP contribution in [-0.2, 0) is 0 Å². The molecule has 10 aromatic carbocycles. The van der Waals surface area contributed by atoms with Gasteiger partial charge in [0.1, 0.15) is 0 Å². The summed E-state index contributed by atoms with van der Waals surface area (Å²) in [6, 6.07) is 91.2. The van der Waals surface area contributed by atoms with Gasteiger partial charge in [0.15, 0.2) is 0 Å². The molecule has 294 valence electrons. The van der Waals surface area contributed by atoms with Crippen LogP contribution >= 0.6 is 0 Å². The molecule has 0 unspecified atom stereocenters. The molecule has 0 radical (unpaired) electrons. The zero-order chi connectivity index (χ0) is 41.7. The van der Waals surface area contributed by atoms with Crippen LogP contribution in [0, 0.1) is 0 Å². The molecule has 3 heteroatoms. The maximum absolute atomic E-state index is 2.56. The highest BCUT2D eigenvalue weighted by atomic mass is 15.2. The lowest BCUT2D eigenvalue weighted by atomic mass is 9.33. The normalized spacial score (nSPS) is 12.3. The maximum atomic E-state index is 2.56. The third-order valence-corrected chi connectivity index (χ3v) is 12.8. The summed E-state index contributed by atoms with van der Waals surface area (Å²) in [4.78, 5) is 5.09. The van der Waals surface area contributed by atoms with Gasteiger partial charge in [-0.15, -0.1) is 0 Å². The van der Waals surface area contributed by atoms with E-state index in [1.165, 1.54) is 94.8 Å². The smallest absolute Gasteiger partial charge is 0.252 e. The Hall–Kier alpha value is -8.14. The molecule has 2 aliphatic rings. The predicted molar refractivity (Wildman–Crippen MR) is 268 cm³/mol. The third kappa shape index (κ3) is 6.37. The monoisotopic (exact) mass is 800 g/mol. The van der Waals surface area contributed by atoms with Crippen molar-refractivity contribution in [1.29, 1.82) is 0 Å². The first-order valence-electron chi connectivity index (χ1n) is 21.8. The molecular weight excluding hydrogens is 759 g/mol. The van der Waals surface area contributed by atoms with Gasteiger partial charge in [0, 0.05) is 39.7 Å². The zero-order valence-corrected chi connectivity index (χ0v) is 34.6. The largest absolute Gasteiger partial charge is 0.311 e. The van der Waals surface area contributed by atoms with E-state index in [9.17, 15) is 0 Å². The number of para-hydroxylation sites is 1. The molecule has 2 aliphatic heterocycles. The summed E-state index contributed by atoms with van der Waals surface area (Å²) in [6.45, 7) is -0.0355. The fourth-order valence-electron chi connectivity index (χ4n) is 9.94. The first-order chi connectivity index (χ1) is 31.3. The van der Waals surface area contributed by atoms with Crippen LogP contribution in [0.2, 0.25) is 0 Å². The molecule has 0 saturated carbocycles. The van der Waals surface area contributed by atoms with E-state index in [4.69, 9.17) is 0 Å². The van der Waals surface area contributed by atoms with Gasteiger partial charge in [0.25, 0.3) is 6.71 Å². The average Bonchev–Trinajstić information content (AvgIpc) is 3.37. The Kier molecular flexibility index (Phi) is 8.97. The molecule has 0 aromatic heterocycles. The summed E-state index contributed by atoms with van der Waals surface area (Å²) >= 11 is 0. The molecule has 0 N–H and O–H groups in total. The molecule has 0 aliphatic carbocycles. The van der Waals surface area contributed by atoms with Crippen molar-refractivity contribution in [3.63, 3.8) is 0 Å². The predicted octanol–water partition coefficient (Wildman–Crippen LogP) is 14.1. The SMILES string of the molecule is c1ccc(-c2ccc(N3c4cc(-c5ccccc5)ccc4B4c5cccc(-c6ccccc6)c5N(c5cccc(-c6ccccc6)c5)c5cc(-c6ccccc6)cc3c54)cc2)cc1. The van der Waals surface area contributed by atoms with Crippen LogP contribution in [0.5, 0.6) is 0 Å². The van der Waals surface area contributed by atoms with E-state index in [0.29, 0.717) is 0 Å². The van der Waals surface area contributed by atoms with E-state index in [1.54, 1.807) is 0 Å². The molecule has 0 spiro atoms. The Morgan fingerprint density at radius 3 is 1.30 bits per heavy atom. The molecule has 2 heterocycles. The van der Waals surface area contributed by atoms with E-state index >= 15 is 0 Å². The molecule has 0 saturated heterocycles. The van der Waals surface area contributed by atoms with Crippen LogP contribution in [0.1, 0.15) is 0 Å². The number of nitrogens with zero attached hydrogens (tertiary/aromatic N) is 2. The van der Waals surface area contributed by atoms with Gasteiger partial charge in [-0.1, -0.05) is 206 Å². The third-order valence-electron chi connectivity index (χ3n) is 12.8. The van der Waals surface area contributed by atoms with E-state index in [1.807, 2.05) is 0 Å². The second-order valence-corrected chi connectivity index (χ2v) is 16.5. The Balaban J connectivity index is 1.18. The summed E-state index contributed by atoms with van der Waals surface area (Å²) in [5.74, 6) is 0. The fraction of sp³-hybridized carbons (Fsp3) is 0. The second kappa shape index (κ2) is 15.4. The molecule has 10 aromatic rings. The average molecular weight is 801 g/mol. The van der Waals surface area contributed by atoms with Crippen LogP contribution in [0.4, 0.5) is 34.1 Å². The van der Waals surface area contributed by atoms with Crippen molar-refractivity contribution in [1.82, 2.24) is 0 Å². The minimum atomic E-state index is -0.0355. The number of benzene rings is 10. The highest BCUT2D eigenvalue weighted by molar-refractivity contribution is 7.00. The quantitative estimate of drug-likeness (QED) is 0.148. The number of hydrogen-bond acceptors (Lipinski definition) is 2. The molecule has 0 bridgehead atoms. The van der Waals surface area contributed by atoms with Crippen LogP contribution in [0.3, 0.4) is 0 Å². The Morgan fingerprint density at radius 2 is 0.698 bits per heavy atom. The number of fused-ring (bicyclic) bond motifs is 4. The number of anilines is 6. The van der Waals surface area contributed by atoms with Crippen LogP contribution in [0.25, 0.3) is 55.6 Å². The lowest BCUT2D eigenvalue weighted by Crippen LogP contribution is -2.61. The van der Waals surface area contributed by atoms with Crippen molar-refractivity contribution in [2.24, 2.45) is 0 Å². The first-order valence-corrected chi connectivity index (χ1v) is 21.8. The Morgan fingerprint density at radius 1 is 0.254 bits per heavy atom. The molecule has 0 amide bonds. The minimum absolute atomic E-state index is 0.0355. The van der Waals surface area contributed by atoms with Gasteiger partial charge < -0.3 is 9.80 Å². The van der Waals surface area contributed by atoms with E-state index in [2.05, 4.69) is 259 Å². The van der Waals surface area contributed by atoms with E-state index in [0.717, 1.165) is 11.4 Å². The lowest BCUT2D eigenvalue weighted by Gasteiger charge is -2.45. The Labute approximate surface area is 369 Å². The van der Waals surface area contributed by atoms with Gasteiger partial charge in [0.05, 0.1) is 0 Å². The summed E-state index contributed by atoms with van der Waals surface area (Å²) in [5.41, 5.74) is 22.8. The summed E-state index contributed by atoms with van der Waals surface area (Å²) in [5, 5.41) is 0. The molecular formula is C60H41BN2. The Bertz CT molecular complexity index is 3260. The van der Waals surface area contributed by atoms with Crippen molar-refractivity contribution < 1.29 is 0 Å². The number of hydrogen-bond donors (Lipinski definition) is 0. The molecule has 12 rings (SSSR count). The topological polar surface area (TPSA) is 6.48 Å². The number of rotatable bonds is 7. The van der Waals surface area contributed by atoms with Gasteiger partial charge in [0.2, 0.25) is 0 Å². The van der Waals surface area contributed by atoms with Crippen LogP contribution in [0.15, 0.2) is 249 Å². The molecule has 63 heavy (non-hydrogen) atoms. The van der Waals surface area contributed by atoms with Crippen molar-refractivity contribution >= 4 is 57.2 Å². The second-order valence-electron chi connectivity index (χ2n) is 16.5.